The van der Waals surface area contributed by atoms with Gasteiger partial charge in [0.2, 0.25) is 5.91 Å². The third-order valence-corrected chi connectivity index (χ3v) is 6.06. The maximum Gasteiger partial charge on any atom is 0.278 e. The summed E-state index contributed by atoms with van der Waals surface area (Å²) < 4.78 is 13.7. The largest absolute Gasteiger partial charge is 0.497 e. The lowest BCUT2D eigenvalue weighted by Gasteiger charge is -2.18. The number of benzene rings is 2. The number of amides is 1. The van der Waals surface area contributed by atoms with Crippen molar-refractivity contribution >= 4 is 16.8 Å². The van der Waals surface area contributed by atoms with Crippen LogP contribution in [0.2, 0.25) is 0 Å². The van der Waals surface area contributed by atoms with Gasteiger partial charge >= 0.3 is 0 Å². The molecule has 1 atom stereocenters. The van der Waals surface area contributed by atoms with Crippen molar-refractivity contribution in [2.45, 2.75) is 39.8 Å². The van der Waals surface area contributed by atoms with E-state index in [4.69, 9.17) is 9.47 Å². The number of para-hydroxylation sites is 1. The molecule has 9 heteroatoms. The van der Waals surface area contributed by atoms with Crippen molar-refractivity contribution in [2.24, 2.45) is 0 Å². The summed E-state index contributed by atoms with van der Waals surface area (Å²) in [7, 11) is 3.15. The minimum Gasteiger partial charge on any atom is -0.497 e. The van der Waals surface area contributed by atoms with Gasteiger partial charge < -0.3 is 14.8 Å². The van der Waals surface area contributed by atoms with Gasteiger partial charge in [-0.25, -0.2) is 9.36 Å². The van der Waals surface area contributed by atoms with E-state index in [0.717, 1.165) is 11.3 Å². The number of methoxy groups -OCH3 is 2. The first-order chi connectivity index (χ1) is 16.9. The van der Waals surface area contributed by atoms with Crippen molar-refractivity contribution in [3.63, 3.8) is 0 Å². The summed E-state index contributed by atoms with van der Waals surface area (Å²) in [6.45, 7) is 5.72. The molecule has 4 rings (SSSR count). The molecule has 0 saturated heterocycles. The number of aryl methyl sites for hydroxylation is 2. The zero-order valence-corrected chi connectivity index (χ0v) is 20.5. The van der Waals surface area contributed by atoms with Gasteiger partial charge in [0, 0.05) is 12.1 Å². The predicted octanol–water partition coefficient (Wildman–Crippen LogP) is 3.48. The van der Waals surface area contributed by atoms with Gasteiger partial charge in [0.15, 0.2) is 0 Å². The molecule has 2 heterocycles. The van der Waals surface area contributed by atoms with Crippen LogP contribution >= 0.6 is 0 Å². The Morgan fingerprint density at radius 3 is 2.46 bits per heavy atom. The molecular weight excluding hydrogens is 446 g/mol. The van der Waals surface area contributed by atoms with E-state index in [-0.39, 0.29) is 18.0 Å². The van der Waals surface area contributed by atoms with Gasteiger partial charge in [0.05, 0.1) is 36.7 Å². The lowest BCUT2D eigenvalue weighted by Crippen LogP contribution is -2.38. The number of carbonyl (C=O) groups is 1. The SMILES string of the molecule is CC[C@@H](C(=O)NCc1cc(OC)ccc1OC)n1nc(C)c2nn(-c3ccccc3)c(C)c2c1=O. The Morgan fingerprint density at radius 2 is 1.80 bits per heavy atom. The van der Waals surface area contributed by atoms with E-state index in [9.17, 15) is 9.59 Å². The molecule has 2 aromatic heterocycles. The van der Waals surface area contributed by atoms with Crippen molar-refractivity contribution in [3.8, 4) is 17.2 Å². The number of hydrogen-bond acceptors (Lipinski definition) is 6. The van der Waals surface area contributed by atoms with E-state index in [2.05, 4.69) is 15.5 Å². The van der Waals surface area contributed by atoms with Crippen molar-refractivity contribution < 1.29 is 14.3 Å². The van der Waals surface area contributed by atoms with Crippen LogP contribution in [0.25, 0.3) is 16.6 Å². The van der Waals surface area contributed by atoms with E-state index < -0.39 is 6.04 Å². The highest BCUT2D eigenvalue weighted by atomic mass is 16.5. The molecule has 0 aliphatic heterocycles. The maximum absolute atomic E-state index is 13.5. The summed E-state index contributed by atoms with van der Waals surface area (Å²) in [6, 6.07) is 14.2. The Hall–Kier alpha value is -4.14. The van der Waals surface area contributed by atoms with Gasteiger partial charge in [-0.3, -0.25) is 9.59 Å². The average molecular weight is 476 g/mol. The number of hydrogen-bond donors (Lipinski definition) is 1. The first-order valence-corrected chi connectivity index (χ1v) is 11.4. The molecule has 1 amide bonds. The molecule has 9 nitrogen and oxygen atoms in total. The van der Waals surface area contributed by atoms with Crippen LogP contribution in [0.1, 0.15) is 36.3 Å². The summed E-state index contributed by atoms with van der Waals surface area (Å²) in [6.07, 6.45) is 0.394. The fraction of sp³-hybridized carbons (Fsp3) is 0.308. The molecule has 0 saturated carbocycles. The zero-order chi connectivity index (χ0) is 25.1. The first-order valence-electron chi connectivity index (χ1n) is 11.4. The standard InChI is InChI=1S/C26H29N5O4/c1-6-21(25(32)27-15-18-14-20(34-4)12-13-22(18)35-5)31-26(33)23-17(3)30(19-10-8-7-9-11-19)29-24(23)16(2)28-31/h7-14,21H,6,15H2,1-5H3,(H,27,32)/t21-/m0/s1. The van der Waals surface area contributed by atoms with E-state index >= 15 is 0 Å². The molecule has 1 N–H and O–H groups in total. The van der Waals surface area contributed by atoms with E-state index in [1.807, 2.05) is 50.2 Å². The predicted molar refractivity (Wildman–Crippen MR) is 133 cm³/mol. The molecule has 4 aromatic rings. The molecular formula is C26H29N5O4. The van der Waals surface area contributed by atoms with Gasteiger partial charge in [-0.1, -0.05) is 25.1 Å². The zero-order valence-electron chi connectivity index (χ0n) is 20.5. The second kappa shape index (κ2) is 10.0. The third-order valence-electron chi connectivity index (χ3n) is 6.06. The second-order valence-electron chi connectivity index (χ2n) is 8.21. The van der Waals surface area contributed by atoms with Crippen LogP contribution in [0, 0.1) is 13.8 Å². The van der Waals surface area contributed by atoms with Crippen molar-refractivity contribution in [1.29, 1.82) is 0 Å². The third kappa shape index (κ3) is 4.49. The number of carbonyl (C=O) groups excluding carboxylic acids is 1. The summed E-state index contributed by atoms with van der Waals surface area (Å²) in [5.41, 5.74) is 3.09. The van der Waals surface area contributed by atoms with E-state index in [1.54, 1.807) is 38.0 Å². The molecule has 182 valence electrons. The summed E-state index contributed by atoms with van der Waals surface area (Å²) in [5.74, 6) is 0.987. The van der Waals surface area contributed by atoms with Crippen molar-refractivity contribution in [2.75, 3.05) is 14.2 Å². The van der Waals surface area contributed by atoms with E-state index in [0.29, 0.717) is 40.2 Å². The molecule has 35 heavy (non-hydrogen) atoms. The lowest BCUT2D eigenvalue weighted by atomic mass is 10.1. The maximum atomic E-state index is 13.5. The highest BCUT2D eigenvalue weighted by Crippen LogP contribution is 2.24. The van der Waals surface area contributed by atoms with Gasteiger partial charge in [-0.2, -0.15) is 10.2 Å². The van der Waals surface area contributed by atoms with Gasteiger partial charge in [-0.05, 0) is 50.6 Å². The summed E-state index contributed by atoms with van der Waals surface area (Å²) >= 11 is 0. The Bertz CT molecular complexity index is 1430. The fourth-order valence-corrected chi connectivity index (χ4v) is 4.20. The first kappa shape index (κ1) is 24.0. The Labute approximate surface area is 203 Å². The van der Waals surface area contributed by atoms with Gasteiger partial charge in [-0.15, -0.1) is 0 Å². The normalized spacial score (nSPS) is 11.9. The van der Waals surface area contributed by atoms with Crippen LogP contribution in [0.4, 0.5) is 0 Å². The molecule has 0 radical (unpaired) electrons. The molecule has 0 fully saturated rings. The van der Waals surface area contributed by atoms with Crippen LogP contribution in [0.15, 0.2) is 53.3 Å². The topological polar surface area (TPSA) is 100 Å². The Kier molecular flexibility index (Phi) is 6.86. The number of fused-ring (bicyclic) bond motifs is 1. The molecule has 2 aromatic carbocycles. The number of nitrogens with zero attached hydrogens (tertiary/aromatic N) is 4. The fourth-order valence-electron chi connectivity index (χ4n) is 4.20. The van der Waals surface area contributed by atoms with E-state index in [1.165, 1.54) is 4.68 Å². The highest BCUT2D eigenvalue weighted by molar-refractivity contribution is 5.84. The molecule has 0 bridgehead atoms. The van der Waals surface area contributed by atoms with Crippen LogP contribution < -0.4 is 20.3 Å². The molecule has 0 aliphatic carbocycles. The van der Waals surface area contributed by atoms with Crippen molar-refractivity contribution in [3.05, 3.63) is 75.8 Å². The Balaban J connectivity index is 1.68. The number of ether oxygens (including phenoxy) is 2. The Morgan fingerprint density at radius 1 is 1.06 bits per heavy atom. The van der Waals surface area contributed by atoms with Crippen LogP contribution in [0.3, 0.4) is 0 Å². The molecule has 0 aliphatic rings. The number of aromatic nitrogens is 4. The monoisotopic (exact) mass is 475 g/mol. The number of rotatable bonds is 8. The minimum atomic E-state index is -0.776. The van der Waals surface area contributed by atoms with Crippen LogP contribution in [0.5, 0.6) is 11.5 Å². The minimum absolute atomic E-state index is 0.219. The van der Waals surface area contributed by atoms with Gasteiger partial charge in [0.25, 0.3) is 5.56 Å². The van der Waals surface area contributed by atoms with Crippen molar-refractivity contribution in [1.82, 2.24) is 24.9 Å². The molecule has 0 spiro atoms. The summed E-state index contributed by atoms with van der Waals surface area (Å²) in [5, 5.41) is 12.5. The quantitative estimate of drug-likeness (QED) is 0.419. The lowest BCUT2D eigenvalue weighted by molar-refractivity contribution is -0.125. The smallest absolute Gasteiger partial charge is 0.278 e. The highest BCUT2D eigenvalue weighted by Gasteiger charge is 2.25. The van der Waals surface area contributed by atoms with Gasteiger partial charge in [0.1, 0.15) is 23.1 Å². The number of nitrogens with one attached hydrogen (secondary N) is 1. The second-order valence-corrected chi connectivity index (χ2v) is 8.21. The van der Waals surface area contributed by atoms with Crippen LogP contribution in [-0.4, -0.2) is 39.7 Å². The average Bonchev–Trinajstić information content (AvgIpc) is 3.24. The van der Waals surface area contributed by atoms with Crippen LogP contribution in [-0.2, 0) is 11.3 Å². The summed E-state index contributed by atoms with van der Waals surface area (Å²) in [4.78, 5) is 26.7. The molecule has 0 unspecified atom stereocenters.